The van der Waals surface area contributed by atoms with Gasteiger partial charge in [0.05, 0.1) is 21.1 Å². The second kappa shape index (κ2) is 6.11. The van der Waals surface area contributed by atoms with E-state index in [4.69, 9.17) is 0 Å². The highest BCUT2D eigenvalue weighted by Crippen LogP contribution is 2.66. The third kappa shape index (κ3) is 2.11. The fourth-order valence-corrected chi connectivity index (χ4v) is 6.93. The molecule has 7 rings (SSSR count). The van der Waals surface area contributed by atoms with Crippen LogP contribution in [0.2, 0.25) is 0 Å². The number of carbonyl (C=O) groups is 2. The molecule has 1 fully saturated rings. The van der Waals surface area contributed by atoms with E-state index in [9.17, 15) is 19.7 Å². The summed E-state index contributed by atoms with van der Waals surface area (Å²) in [5.41, 5.74) is 3.76. The molecule has 0 aromatic heterocycles. The summed E-state index contributed by atoms with van der Waals surface area (Å²) in [6, 6.07) is 21.7. The van der Waals surface area contributed by atoms with E-state index < -0.39 is 27.0 Å². The van der Waals surface area contributed by atoms with Gasteiger partial charge >= 0.3 is 0 Å². The van der Waals surface area contributed by atoms with Crippen LogP contribution in [0.5, 0.6) is 0 Å². The average Bonchev–Trinajstić information content (AvgIpc) is 3.05. The van der Waals surface area contributed by atoms with E-state index in [0.717, 1.165) is 27.2 Å². The number of alkyl halides is 1. The van der Waals surface area contributed by atoms with Crippen LogP contribution in [0.15, 0.2) is 72.8 Å². The molecule has 1 saturated heterocycles. The van der Waals surface area contributed by atoms with Crippen LogP contribution >= 0.6 is 15.9 Å². The molecular weight excluding hydrogens is 460 g/mol. The first-order chi connectivity index (χ1) is 15.0. The predicted octanol–water partition coefficient (Wildman–Crippen LogP) is 4.50. The van der Waals surface area contributed by atoms with E-state index in [-0.39, 0.29) is 23.2 Å². The number of benzene rings is 3. The molecule has 4 aliphatic rings. The summed E-state index contributed by atoms with van der Waals surface area (Å²) < 4.78 is -0.870. The molecule has 2 bridgehead atoms. The van der Waals surface area contributed by atoms with Gasteiger partial charge in [-0.1, -0.05) is 76.6 Å². The van der Waals surface area contributed by atoms with E-state index in [1.54, 1.807) is 6.07 Å². The molecule has 2 atom stereocenters. The summed E-state index contributed by atoms with van der Waals surface area (Å²) in [6.45, 7) is 0. The minimum Gasteiger partial charge on any atom is -0.274 e. The van der Waals surface area contributed by atoms with Crippen molar-refractivity contribution in [3.63, 3.8) is 0 Å². The average molecular weight is 475 g/mol. The van der Waals surface area contributed by atoms with Crippen molar-refractivity contribution < 1.29 is 14.5 Å². The Morgan fingerprint density at radius 2 is 1.39 bits per heavy atom. The molecule has 0 radical (unpaired) electrons. The van der Waals surface area contributed by atoms with Gasteiger partial charge in [-0.05, 0) is 28.3 Å². The Hall–Kier alpha value is -3.32. The van der Waals surface area contributed by atoms with Gasteiger partial charge in [0.2, 0.25) is 11.8 Å². The third-order valence-electron chi connectivity index (χ3n) is 6.83. The Labute approximate surface area is 185 Å². The van der Waals surface area contributed by atoms with Gasteiger partial charge in [-0.25, -0.2) is 4.90 Å². The lowest BCUT2D eigenvalue weighted by molar-refractivity contribution is -0.384. The first-order valence-corrected chi connectivity index (χ1v) is 10.7. The number of nitro groups is 1. The quantitative estimate of drug-likeness (QED) is 0.237. The lowest BCUT2D eigenvalue weighted by Crippen LogP contribution is -2.50. The molecule has 0 saturated carbocycles. The molecule has 31 heavy (non-hydrogen) atoms. The molecule has 1 aliphatic heterocycles. The van der Waals surface area contributed by atoms with Crippen molar-refractivity contribution in [2.45, 2.75) is 10.2 Å². The number of anilines is 1. The van der Waals surface area contributed by atoms with Gasteiger partial charge in [0.1, 0.15) is 5.69 Å². The number of hydrogen-bond acceptors (Lipinski definition) is 4. The molecule has 2 amide bonds. The fraction of sp³-hybridized carbons (Fsp3) is 0.167. The number of para-hydroxylation sites is 2. The van der Waals surface area contributed by atoms with E-state index in [1.807, 2.05) is 48.5 Å². The largest absolute Gasteiger partial charge is 0.293 e. The van der Waals surface area contributed by atoms with Crippen molar-refractivity contribution in [2.24, 2.45) is 11.8 Å². The molecule has 3 aliphatic carbocycles. The van der Waals surface area contributed by atoms with Crippen LogP contribution in [0.3, 0.4) is 0 Å². The van der Waals surface area contributed by atoms with Crippen molar-refractivity contribution in [3.8, 4) is 0 Å². The maximum atomic E-state index is 13.8. The number of nitrogens with zero attached hydrogens (tertiary/aromatic N) is 2. The number of imide groups is 1. The molecule has 3 aromatic rings. The number of amides is 2. The lowest BCUT2D eigenvalue weighted by atomic mass is 9.55. The van der Waals surface area contributed by atoms with Crippen LogP contribution < -0.4 is 4.90 Å². The lowest BCUT2D eigenvalue weighted by Gasteiger charge is -2.51. The Kier molecular flexibility index (Phi) is 3.63. The highest BCUT2D eigenvalue weighted by atomic mass is 79.9. The predicted molar refractivity (Wildman–Crippen MR) is 117 cm³/mol. The van der Waals surface area contributed by atoms with Crippen molar-refractivity contribution in [3.05, 3.63) is 105 Å². The highest BCUT2D eigenvalue weighted by molar-refractivity contribution is 9.09. The van der Waals surface area contributed by atoms with Crippen LogP contribution in [0.4, 0.5) is 11.4 Å². The summed E-state index contributed by atoms with van der Waals surface area (Å²) in [6.07, 6.45) is 0. The fourth-order valence-electron chi connectivity index (χ4n) is 5.72. The topological polar surface area (TPSA) is 80.5 Å². The van der Waals surface area contributed by atoms with E-state index in [0.29, 0.717) is 0 Å². The van der Waals surface area contributed by atoms with E-state index in [1.165, 1.54) is 18.2 Å². The van der Waals surface area contributed by atoms with E-state index >= 15 is 0 Å². The summed E-state index contributed by atoms with van der Waals surface area (Å²) in [7, 11) is 0. The number of rotatable bonds is 2. The Morgan fingerprint density at radius 3 is 2.00 bits per heavy atom. The molecule has 0 spiro atoms. The highest BCUT2D eigenvalue weighted by Gasteiger charge is 2.68. The van der Waals surface area contributed by atoms with Gasteiger partial charge in [-0.15, -0.1) is 0 Å². The Morgan fingerprint density at radius 1 is 0.839 bits per heavy atom. The Balaban J connectivity index is 1.62. The van der Waals surface area contributed by atoms with Gasteiger partial charge in [-0.3, -0.25) is 19.7 Å². The van der Waals surface area contributed by atoms with Crippen molar-refractivity contribution in [1.29, 1.82) is 0 Å². The molecule has 0 N–H and O–H groups in total. The smallest absolute Gasteiger partial charge is 0.274 e. The monoisotopic (exact) mass is 474 g/mol. The van der Waals surface area contributed by atoms with Gasteiger partial charge in [0.15, 0.2) is 0 Å². The second-order valence-corrected chi connectivity index (χ2v) is 9.38. The molecule has 1 heterocycles. The maximum Gasteiger partial charge on any atom is 0.293 e. The van der Waals surface area contributed by atoms with Crippen molar-refractivity contribution in [2.75, 3.05) is 4.90 Å². The van der Waals surface area contributed by atoms with Crippen LogP contribution in [0, 0.1) is 22.0 Å². The first-order valence-electron chi connectivity index (χ1n) is 9.95. The number of nitro benzene ring substituents is 1. The minimum absolute atomic E-state index is 0.0283. The van der Waals surface area contributed by atoms with Gasteiger partial charge < -0.3 is 0 Å². The number of halogens is 1. The first kappa shape index (κ1) is 18.4. The summed E-state index contributed by atoms with van der Waals surface area (Å²) in [5.74, 6) is -2.38. The molecule has 152 valence electrons. The van der Waals surface area contributed by atoms with Crippen LogP contribution in [-0.4, -0.2) is 16.7 Å². The molecule has 3 aromatic carbocycles. The number of carbonyl (C=O) groups excluding carboxylic acids is 2. The van der Waals surface area contributed by atoms with Crippen molar-refractivity contribution >= 4 is 39.1 Å². The van der Waals surface area contributed by atoms with Gasteiger partial charge in [0, 0.05) is 12.0 Å². The molecule has 6 nitrogen and oxygen atoms in total. The molecule has 0 unspecified atom stereocenters. The third-order valence-corrected chi connectivity index (χ3v) is 8.18. The van der Waals surface area contributed by atoms with Crippen LogP contribution in [0.1, 0.15) is 28.2 Å². The van der Waals surface area contributed by atoms with Gasteiger partial charge in [-0.2, -0.15) is 0 Å². The van der Waals surface area contributed by atoms with Crippen LogP contribution in [-0.2, 0) is 13.9 Å². The number of hydrogen-bond donors (Lipinski definition) is 0. The minimum atomic E-state index is -0.870. The van der Waals surface area contributed by atoms with Crippen LogP contribution in [0.25, 0.3) is 0 Å². The zero-order valence-electron chi connectivity index (χ0n) is 16.1. The molecule has 7 heteroatoms. The van der Waals surface area contributed by atoms with Crippen molar-refractivity contribution in [1.82, 2.24) is 0 Å². The summed E-state index contributed by atoms with van der Waals surface area (Å²) in [5, 5.41) is 11.6. The normalized spacial score (nSPS) is 27.6. The SMILES string of the molecule is O=C1[C@@H]2C3c4ccccc4C(Br)(c4ccccc43)[C@@H]2C(=O)N1c1ccccc1[N+](=O)[O-]. The summed E-state index contributed by atoms with van der Waals surface area (Å²) in [4.78, 5) is 39.6. The zero-order valence-corrected chi connectivity index (χ0v) is 17.7. The standard InChI is InChI=1S/C24H15BrN2O4/c25-24-15-9-3-1-7-13(15)19(14-8-2-4-10-16(14)24)20-21(24)23(29)26(22(20)28)17-11-5-6-12-18(17)27(30)31/h1-12,19-21H/t19?,20-,21+,24?/m1/s1. The Bertz CT molecular complexity index is 1270. The zero-order chi connectivity index (χ0) is 21.5. The van der Waals surface area contributed by atoms with E-state index in [2.05, 4.69) is 15.9 Å². The molecular formula is C24H15BrN2O4. The van der Waals surface area contributed by atoms with Gasteiger partial charge in [0.25, 0.3) is 5.69 Å². The second-order valence-electron chi connectivity index (χ2n) is 8.13. The maximum absolute atomic E-state index is 13.8. The summed E-state index contributed by atoms with van der Waals surface area (Å²) >= 11 is 3.92.